The molecule has 1 saturated carbocycles. The molecule has 1 rings (SSSR count). The van der Waals surface area contributed by atoms with E-state index in [0.717, 1.165) is 18.6 Å². The Bertz CT molecular complexity index is 252. The first kappa shape index (κ1) is 13.9. The molecule has 3 heteroatoms. The Morgan fingerprint density at radius 2 is 2.12 bits per heavy atom. The summed E-state index contributed by atoms with van der Waals surface area (Å²) in [5.74, 6) is 1.63. The average molecular weight is 244 g/mol. The van der Waals surface area contributed by atoms with Gasteiger partial charge in [-0.2, -0.15) is 0 Å². The van der Waals surface area contributed by atoms with Gasteiger partial charge in [0.2, 0.25) is 0 Å². The predicted molar refractivity (Wildman–Crippen MR) is 69.8 cm³/mol. The lowest BCUT2D eigenvalue weighted by molar-refractivity contribution is -0.143. The number of carboxylic acids is 1. The molecule has 0 radical (unpaired) electrons. The standard InChI is InChI=1S/C13H24O2S/c1-5-16-13(12(14)15)8-10(4)6-7-11(13)9(2)3/h9-11H,5-8H2,1-4H3,(H,14,15). The number of carboxylic acid groups (broad SMARTS) is 1. The van der Waals surface area contributed by atoms with Crippen LogP contribution in [0.2, 0.25) is 0 Å². The van der Waals surface area contributed by atoms with Crippen molar-refractivity contribution in [2.75, 3.05) is 5.75 Å². The number of aliphatic carboxylic acids is 1. The van der Waals surface area contributed by atoms with Crippen molar-refractivity contribution in [3.63, 3.8) is 0 Å². The maximum Gasteiger partial charge on any atom is 0.320 e. The van der Waals surface area contributed by atoms with Crippen LogP contribution in [0, 0.1) is 17.8 Å². The molecular weight excluding hydrogens is 220 g/mol. The molecule has 0 aromatic carbocycles. The molecule has 3 unspecified atom stereocenters. The summed E-state index contributed by atoms with van der Waals surface area (Å²) < 4.78 is -0.527. The molecule has 94 valence electrons. The van der Waals surface area contributed by atoms with Crippen molar-refractivity contribution in [1.29, 1.82) is 0 Å². The van der Waals surface area contributed by atoms with E-state index >= 15 is 0 Å². The van der Waals surface area contributed by atoms with Gasteiger partial charge in [0.05, 0.1) is 0 Å². The first-order valence-corrected chi connectivity index (χ1v) is 7.30. The van der Waals surface area contributed by atoms with Crippen LogP contribution in [0.5, 0.6) is 0 Å². The third-order valence-corrected chi connectivity index (χ3v) is 5.24. The van der Waals surface area contributed by atoms with Gasteiger partial charge in [-0.3, -0.25) is 4.79 Å². The molecule has 0 spiro atoms. The maximum absolute atomic E-state index is 11.7. The van der Waals surface area contributed by atoms with Gasteiger partial charge in [0, 0.05) is 0 Å². The Hall–Kier alpha value is -0.180. The van der Waals surface area contributed by atoms with Gasteiger partial charge in [0.15, 0.2) is 0 Å². The van der Waals surface area contributed by atoms with Crippen LogP contribution in [0.25, 0.3) is 0 Å². The van der Waals surface area contributed by atoms with E-state index < -0.39 is 10.7 Å². The Morgan fingerprint density at radius 3 is 2.56 bits per heavy atom. The van der Waals surface area contributed by atoms with Gasteiger partial charge in [-0.1, -0.05) is 34.1 Å². The van der Waals surface area contributed by atoms with Gasteiger partial charge in [-0.05, 0) is 36.3 Å². The lowest BCUT2D eigenvalue weighted by Crippen LogP contribution is -2.49. The van der Waals surface area contributed by atoms with E-state index in [1.54, 1.807) is 11.8 Å². The summed E-state index contributed by atoms with van der Waals surface area (Å²) >= 11 is 1.65. The van der Waals surface area contributed by atoms with Crippen LogP contribution in [-0.2, 0) is 4.79 Å². The van der Waals surface area contributed by atoms with E-state index in [2.05, 4.69) is 27.7 Å². The van der Waals surface area contributed by atoms with E-state index in [0.29, 0.717) is 17.8 Å². The quantitative estimate of drug-likeness (QED) is 0.820. The van der Waals surface area contributed by atoms with E-state index in [1.807, 2.05) is 0 Å². The lowest BCUT2D eigenvalue weighted by atomic mass is 9.69. The number of hydrogen-bond acceptors (Lipinski definition) is 2. The van der Waals surface area contributed by atoms with Crippen molar-refractivity contribution in [2.24, 2.45) is 17.8 Å². The molecule has 0 heterocycles. The van der Waals surface area contributed by atoms with Crippen LogP contribution in [-0.4, -0.2) is 21.6 Å². The Kier molecular flexibility index (Phi) is 4.72. The maximum atomic E-state index is 11.7. The minimum Gasteiger partial charge on any atom is -0.480 e. The topological polar surface area (TPSA) is 37.3 Å². The molecule has 3 atom stereocenters. The van der Waals surface area contributed by atoms with Crippen LogP contribution in [0.4, 0.5) is 0 Å². The van der Waals surface area contributed by atoms with Crippen molar-refractivity contribution in [2.45, 2.75) is 51.7 Å². The monoisotopic (exact) mass is 244 g/mol. The highest BCUT2D eigenvalue weighted by Crippen LogP contribution is 2.49. The van der Waals surface area contributed by atoms with Crippen LogP contribution in [0.15, 0.2) is 0 Å². The minimum absolute atomic E-state index is 0.325. The fraction of sp³-hybridized carbons (Fsp3) is 0.923. The second kappa shape index (κ2) is 5.44. The Labute approximate surface area is 103 Å². The lowest BCUT2D eigenvalue weighted by Gasteiger charge is -2.44. The fourth-order valence-electron chi connectivity index (χ4n) is 3.07. The van der Waals surface area contributed by atoms with E-state index in [1.165, 1.54) is 6.42 Å². The fourth-order valence-corrected chi connectivity index (χ4v) is 4.72. The first-order valence-electron chi connectivity index (χ1n) is 6.31. The molecule has 1 fully saturated rings. The van der Waals surface area contributed by atoms with Gasteiger partial charge < -0.3 is 5.11 Å². The first-order chi connectivity index (χ1) is 7.44. The van der Waals surface area contributed by atoms with Crippen molar-refractivity contribution >= 4 is 17.7 Å². The van der Waals surface area contributed by atoms with Gasteiger partial charge in [-0.15, -0.1) is 11.8 Å². The summed E-state index contributed by atoms with van der Waals surface area (Å²) in [7, 11) is 0. The van der Waals surface area contributed by atoms with Crippen LogP contribution in [0.1, 0.15) is 47.0 Å². The number of hydrogen-bond donors (Lipinski definition) is 1. The molecule has 0 aromatic rings. The largest absolute Gasteiger partial charge is 0.480 e. The third kappa shape index (κ3) is 2.55. The smallest absolute Gasteiger partial charge is 0.320 e. The second-order valence-corrected chi connectivity index (χ2v) is 6.96. The zero-order valence-corrected chi connectivity index (χ0v) is 11.6. The van der Waals surface area contributed by atoms with Crippen LogP contribution >= 0.6 is 11.8 Å². The summed E-state index contributed by atoms with van der Waals surface area (Å²) in [5.41, 5.74) is 0. The molecule has 0 aliphatic heterocycles. The number of rotatable bonds is 4. The molecule has 2 nitrogen and oxygen atoms in total. The zero-order chi connectivity index (χ0) is 12.3. The third-order valence-electron chi connectivity index (χ3n) is 3.79. The average Bonchev–Trinajstić information content (AvgIpc) is 2.17. The van der Waals surface area contributed by atoms with Gasteiger partial charge in [-0.25, -0.2) is 0 Å². The zero-order valence-electron chi connectivity index (χ0n) is 10.8. The highest BCUT2D eigenvalue weighted by Gasteiger charge is 2.50. The summed E-state index contributed by atoms with van der Waals surface area (Å²) in [6.07, 6.45) is 3.09. The molecule has 1 N–H and O–H groups in total. The molecule has 0 aromatic heterocycles. The Balaban J connectivity index is 3.00. The summed E-state index contributed by atoms with van der Waals surface area (Å²) in [5, 5.41) is 9.64. The molecular formula is C13H24O2S. The molecule has 1 aliphatic carbocycles. The number of thioether (sulfide) groups is 1. The van der Waals surface area contributed by atoms with E-state index in [4.69, 9.17) is 0 Å². The van der Waals surface area contributed by atoms with Crippen molar-refractivity contribution in [3.8, 4) is 0 Å². The van der Waals surface area contributed by atoms with Gasteiger partial charge in [0.25, 0.3) is 0 Å². The molecule has 0 bridgehead atoms. The highest BCUT2D eigenvalue weighted by atomic mass is 32.2. The van der Waals surface area contributed by atoms with Gasteiger partial charge >= 0.3 is 5.97 Å². The molecule has 1 aliphatic rings. The van der Waals surface area contributed by atoms with Crippen LogP contribution < -0.4 is 0 Å². The summed E-state index contributed by atoms with van der Waals surface area (Å²) in [6.45, 7) is 8.57. The Morgan fingerprint density at radius 1 is 1.50 bits per heavy atom. The van der Waals surface area contributed by atoms with Crippen molar-refractivity contribution < 1.29 is 9.90 Å². The van der Waals surface area contributed by atoms with Crippen molar-refractivity contribution in [1.82, 2.24) is 0 Å². The van der Waals surface area contributed by atoms with Crippen LogP contribution in [0.3, 0.4) is 0 Å². The van der Waals surface area contributed by atoms with Gasteiger partial charge in [0.1, 0.15) is 4.75 Å². The normalized spacial score (nSPS) is 35.3. The second-order valence-electron chi connectivity index (χ2n) is 5.36. The number of carbonyl (C=O) groups is 1. The summed E-state index contributed by atoms with van der Waals surface area (Å²) in [6, 6.07) is 0. The highest BCUT2D eigenvalue weighted by molar-refractivity contribution is 8.01. The van der Waals surface area contributed by atoms with E-state index in [-0.39, 0.29) is 0 Å². The van der Waals surface area contributed by atoms with Crippen molar-refractivity contribution in [3.05, 3.63) is 0 Å². The molecule has 0 saturated heterocycles. The minimum atomic E-state index is -0.593. The molecule has 16 heavy (non-hydrogen) atoms. The predicted octanol–water partition coefficient (Wildman–Crippen LogP) is 3.66. The SMILES string of the molecule is CCSC1(C(=O)O)CC(C)CCC1C(C)C. The van der Waals surface area contributed by atoms with E-state index in [9.17, 15) is 9.90 Å². The summed E-state index contributed by atoms with van der Waals surface area (Å²) in [4.78, 5) is 11.7. The molecule has 0 amide bonds.